The van der Waals surface area contributed by atoms with Gasteiger partial charge < -0.3 is 32.1 Å². The van der Waals surface area contributed by atoms with Crippen molar-refractivity contribution in [1.29, 1.82) is 0 Å². The van der Waals surface area contributed by atoms with Crippen LogP contribution < -0.4 is 27.0 Å². The Bertz CT molecular complexity index is 637. The molecule has 0 bridgehead atoms. The van der Waals surface area contributed by atoms with E-state index < -0.39 is 60.8 Å². The van der Waals surface area contributed by atoms with Crippen LogP contribution in [0, 0.1) is 0 Å². The van der Waals surface area contributed by atoms with Gasteiger partial charge in [-0.25, -0.2) is 0 Å². The number of hydrogen-bond donors (Lipinski definition) is 6. The molecule has 178 valence electrons. The number of nitrogens with two attached hydrogens (primary N) is 1. The van der Waals surface area contributed by atoms with Gasteiger partial charge in [0.05, 0.1) is 25.1 Å². The first kappa shape index (κ1) is 29.0. The van der Waals surface area contributed by atoms with Crippen LogP contribution in [0.5, 0.6) is 0 Å². The van der Waals surface area contributed by atoms with E-state index in [0.29, 0.717) is 12.2 Å². The van der Waals surface area contributed by atoms with Gasteiger partial charge in [-0.2, -0.15) is 0 Å². The summed E-state index contributed by atoms with van der Waals surface area (Å²) < 4.78 is 0. The van der Waals surface area contributed by atoms with E-state index in [1.165, 1.54) is 28.5 Å². The maximum atomic E-state index is 12.4. The number of nitrogens with one attached hydrogen (secondary N) is 4. The average Bonchev–Trinajstić information content (AvgIpc) is 2.69. The highest BCUT2D eigenvalue weighted by Crippen LogP contribution is 2.21. The summed E-state index contributed by atoms with van der Waals surface area (Å²) in [6.45, 7) is 6.11. The molecule has 4 atom stereocenters. The molecule has 31 heavy (non-hydrogen) atoms. The molecule has 5 amide bonds. The number of rotatable bonds is 15. The quantitative estimate of drug-likeness (QED) is 0.123. The maximum Gasteiger partial charge on any atom is 0.243 e. The molecule has 0 aliphatic carbocycles. The Kier molecular flexibility index (Phi) is 14.7. The van der Waals surface area contributed by atoms with Crippen molar-refractivity contribution in [3.05, 3.63) is 0 Å². The molecule has 0 spiro atoms. The van der Waals surface area contributed by atoms with E-state index in [-0.39, 0.29) is 5.91 Å². The van der Waals surface area contributed by atoms with E-state index in [1.54, 1.807) is 13.8 Å². The topological polar surface area (TPSA) is 180 Å². The van der Waals surface area contributed by atoms with Gasteiger partial charge in [-0.1, -0.05) is 35.4 Å². The van der Waals surface area contributed by atoms with Crippen molar-refractivity contribution in [3.63, 3.8) is 0 Å². The summed E-state index contributed by atoms with van der Waals surface area (Å²) in [5.74, 6) is -1.98. The number of aliphatic hydroxyl groups excluding tert-OH is 1. The summed E-state index contributed by atoms with van der Waals surface area (Å²) >= 11 is 0. The molecular formula is C18H33N5O6S2. The number of amides is 5. The van der Waals surface area contributed by atoms with Crippen LogP contribution in [0.15, 0.2) is 0 Å². The molecule has 0 aromatic heterocycles. The van der Waals surface area contributed by atoms with Crippen LogP contribution in [0.3, 0.4) is 0 Å². The Morgan fingerprint density at radius 3 is 2.13 bits per heavy atom. The number of aliphatic hydroxyl groups is 1. The Balaban J connectivity index is 4.87. The van der Waals surface area contributed by atoms with Crippen LogP contribution in [0.2, 0.25) is 0 Å². The first-order chi connectivity index (χ1) is 14.5. The van der Waals surface area contributed by atoms with Crippen molar-refractivity contribution in [2.24, 2.45) is 5.73 Å². The minimum atomic E-state index is -1.25. The van der Waals surface area contributed by atoms with Gasteiger partial charge in [-0.3, -0.25) is 24.0 Å². The smallest absolute Gasteiger partial charge is 0.243 e. The third kappa shape index (κ3) is 13.1. The van der Waals surface area contributed by atoms with Gasteiger partial charge in [-0.15, -0.1) is 0 Å². The lowest BCUT2D eigenvalue weighted by Crippen LogP contribution is -2.55. The molecule has 0 fully saturated rings. The fourth-order valence-corrected chi connectivity index (χ4v) is 4.18. The fraction of sp³-hybridized carbons (Fsp3) is 0.722. The van der Waals surface area contributed by atoms with Crippen LogP contribution in [0.1, 0.15) is 40.5 Å². The minimum absolute atomic E-state index is 0.315. The molecule has 0 aliphatic rings. The van der Waals surface area contributed by atoms with Crippen molar-refractivity contribution in [3.8, 4) is 0 Å². The standard InChI is InChI=1S/C18H33N5O6S2/c1-5-14(25)10(3)21-18(29)12(7-15(19)26)23-16(27)8-20-17(28)13(22-11(4)24)9-31-30-6-2/h10,12-14,25H,5-9H2,1-4H3,(H2,19,26)(H,20,28)(H,21,29)(H,22,24)(H,23,27). The predicted octanol–water partition coefficient (Wildman–Crippen LogP) is -1.36. The molecule has 0 radical (unpaired) electrons. The summed E-state index contributed by atoms with van der Waals surface area (Å²) in [4.78, 5) is 59.5. The van der Waals surface area contributed by atoms with Crippen molar-refractivity contribution in [1.82, 2.24) is 21.3 Å². The van der Waals surface area contributed by atoms with Crippen molar-refractivity contribution >= 4 is 51.1 Å². The van der Waals surface area contributed by atoms with E-state index >= 15 is 0 Å². The highest BCUT2D eigenvalue weighted by molar-refractivity contribution is 8.76. The van der Waals surface area contributed by atoms with Gasteiger partial charge >= 0.3 is 0 Å². The first-order valence-electron chi connectivity index (χ1n) is 9.87. The van der Waals surface area contributed by atoms with E-state index in [2.05, 4.69) is 21.3 Å². The zero-order valence-electron chi connectivity index (χ0n) is 18.2. The zero-order chi connectivity index (χ0) is 24.0. The van der Waals surface area contributed by atoms with E-state index in [9.17, 15) is 29.1 Å². The van der Waals surface area contributed by atoms with Crippen molar-refractivity contribution in [2.45, 2.75) is 64.8 Å². The van der Waals surface area contributed by atoms with Gasteiger partial charge in [0.2, 0.25) is 29.5 Å². The number of primary amides is 1. The molecule has 0 aliphatic heterocycles. The summed E-state index contributed by atoms with van der Waals surface area (Å²) in [5, 5.41) is 19.6. The van der Waals surface area contributed by atoms with Crippen LogP contribution in [-0.2, 0) is 24.0 Å². The molecule has 0 rings (SSSR count). The molecule has 0 aromatic rings. The molecule has 0 saturated carbocycles. The zero-order valence-corrected chi connectivity index (χ0v) is 19.9. The van der Waals surface area contributed by atoms with Crippen molar-refractivity contribution in [2.75, 3.05) is 18.1 Å². The molecule has 7 N–H and O–H groups in total. The minimum Gasteiger partial charge on any atom is -0.391 e. The van der Waals surface area contributed by atoms with E-state index in [0.717, 1.165) is 5.75 Å². The Morgan fingerprint density at radius 2 is 1.61 bits per heavy atom. The number of hydrogen-bond acceptors (Lipinski definition) is 8. The van der Waals surface area contributed by atoms with Crippen molar-refractivity contribution < 1.29 is 29.1 Å². The number of carbonyl (C=O) groups is 5. The molecular weight excluding hydrogens is 446 g/mol. The highest BCUT2D eigenvalue weighted by atomic mass is 33.1. The van der Waals surface area contributed by atoms with E-state index in [4.69, 9.17) is 5.73 Å². The predicted molar refractivity (Wildman–Crippen MR) is 121 cm³/mol. The number of carbonyl (C=O) groups excluding carboxylic acids is 5. The average molecular weight is 480 g/mol. The second-order valence-corrected chi connectivity index (χ2v) is 9.52. The second kappa shape index (κ2) is 15.8. The summed E-state index contributed by atoms with van der Waals surface area (Å²) in [6, 6.07) is -2.67. The summed E-state index contributed by atoms with van der Waals surface area (Å²) in [6.07, 6.45) is -0.826. The van der Waals surface area contributed by atoms with Crippen LogP contribution >= 0.6 is 21.6 Å². The van der Waals surface area contributed by atoms with Gasteiger partial charge in [0.25, 0.3) is 0 Å². The van der Waals surface area contributed by atoms with E-state index in [1.807, 2.05) is 6.92 Å². The summed E-state index contributed by atoms with van der Waals surface area (Å²) in [5.41, 5.74) is 5.16. The highest BCUT2D eigenvalue weighted by Gasteiger charge is 2.26. The lowest BCUT2D eigenvalue weighted by Gasteiger charge is -2.23. The fourth-order valence-electron chi connectivity index (χ4n) is 2.35. The summed E-state index contributed by atoms with van der Waals surface area (Å²) in [7, 11) is 2.94. The van der Waals surface area contributed by atoms with Crippen LogP contribution in [-0.4, -0.2) is 76.9 Å². The largest absolute Gasteiger partial charge is 0.391 e. The third-order valence-electron chi connectivity index (χ3n) is 3.98. The van der Waals surface area contributed by atoms with Gasteiger partial charge in [0, 0.05) is 18.4 Å². The Hall–Kier alpha value is -1.99. The lowest BCUT2D eigenvalue weighted by atomic mass is 10.1. The Labute approximate surface area is 190 Å². The lowest BCUT2D eigenvalue weighted by molar-refractivity contribution is -0.132. The molecule has 11 nitrogen and oxygen atoms in total. The first-order valence-corrected chi connectivity index (χ1v) is 12.4. The normalized spacial score (nSPS) is 14.5. The molecule has 13 heteroatoms. The van der Waals surface area contributed by atoms with Crippen LogP contribution in [0.4, 0.5) is 0 Å². The molecule has 4 unspecified atom stereocenters. The van der Waals surface area contributed by atoms with Gasteiger partial charge in [0.1, 0.15) is 12.1 Å². The Morgan fingerprint density at radius 1 is 0.968 bits per heavy atom. The SMILES string of the molecule is CCSSCC(NC(C)=O)C(=O)NCC(=O)NC(CC(N)=O)C(=O)NC(C)C(O)CC. The van der Waals surface area contributed by atoms with Gasteiger partial charge in [-0.05, 0) is 13.3 Å². The second-order valence-electron chi connectivity index (χ2n) is 6.73. The van der Waals surface area contributed by atoms with Crippen LogP contribution in [0.25, 0.3) is 0 Å². The molecule has 0 saturated heterocycles. The monoisotopic (exact) mass is 479 g/mol. The van der Waals surface area contributed by atoms with Gasteiger partial charge in [0.15, 0.2) is 0 Å². The third-order valence-corrected chi connectivity index (χ3v) is 6.46. The molecule has 0 aromatic carbocycles. The molecule has 0 heterocycles. The maximum absolute atomic E-state index is 12.4.